The van der Waals surface area contributed by atoms with Gasteiger partial charge in [0.05, 0.1) is 6.61 Å². The van der Waals surface area contributed by atoms with Gasteiger partial charge in [-0.15, -0.1) is 10.2 Å². The maximum Gasteiger partial charge on any atom is 0.206 e. The van der Waals surface area contributed by atoms with E-state index >= 15 is 0 Å². The first-order valence-corrected chi connectivity index (χ1v) is 5.93. The zero-order valence-corrected chi connectivity index (χ0v) is 10.6. The van der Waals surface area contributed by atoms with Crippen molar-refractivity contribution in [2.75, 3.05) is 12.1 Å². The van der Waals surface area contributed by atoms with Crippen LogP contribution in [0.5, 0.6) is 0 Å². The van der Waals surface area contributed by atoms with Crippen molar-refractivity contribution < 1.29 is 9.84 Å². The molecule has 0 aliphatic rings. The summed E-state index contributed by atoms with van der Waals surface area (Å²) in [4.78, 5) is 0. The fourth-order valence-corrected chi connectivity index (χ4v) is 1.42. The molecule has 0 saturated carbocycles. The van der Waals surface area contributed by atoms with Crippen LogP contribution >= 0.6 is 15.9 Å². The molecule has 1 rings (SSSR count). The molecule has 6 heteroatoms. The van der Waals surface area contributed by atoms with Crippen LogP contribution in [-0.4, -0.2) is 27.7 Å². The Hall–Kier alpha value is -1.14. The van der Waals surface area contributed by atoms with Crippen molar-refractivity contribution in [3.63, 3.8) is 0 Å². The Morgan fingerprint density at radius 1 is 1.56 bits per heavy atom. The van der Waals surface area contributed by atoms with Gasteiger partial charge in [-0.05, 0) is 28.1 Å². The SMILES string of the molecule is CC(=NN=c1ccccn1CCO)OCBr. The van der Waals surface area contributed by atoms with Gasteiger partial charge in [-0.3, -0.25) is 0 Å². The number of aromatic nitrogens is 1. The van der Waals surface area contributed by atoms with E-state index in [4.69, 9.17) is 9.84 Å². The molecular formula is C10H14BrN3O2. The maximum atomic E-state index is 8.88. The van der Waals surface area contributed by atoms with Crippen LogP contribution in [0.4, 0.5) is 0 Å². The second kappa shape index (κ2) is 7.19. The van der Waals surface area contributed by atoms with E-state index in [1.165, 1.54) is 0 Å². The van der Waals surface area contributed by atoms with Gasteiger partial charge in [-0.1, -0.05) is 6.07 Å². The largest absolute Gasteiger partial charge is 0.468 e. The van der Waals surface area contributed by atoms with Crippen LogP contribution in [0.3, 0.4) is 0 Å². The summed E-state index contributed by atoms with van der Waals surface area (Å²) >= 11 is 3.13. The molecule has 1 heterocycles. The summed E-state index contributed by atoms with van der Waals surface area (Å²) in [6.07, 6.45) is 1.84. The molecule has 0 saturated heterocycles. The third-order valence-electron chi connectivity index (χ3n) is 1.81. The maximum absolute atomic E-state index is 8.88. The number of hydrogen-bond acceptors (Lipinski definition) is 4. The van der Waals surface area contributed by atoms with E-state index in [1.807, 2.05) is 29.0 Å². The Kier molecular flexibility index (Phi) is 5.81. The average Bonchev–Trinajstić information content (AvgIpc) is 2.29. The Morgan fingerprint density at radius 2 is 2.38 bits per heavy atom. The van der Waals surface area contributed by atoms with Crippen LogP contribution in [0.2, 0.25) is 0 Å². The molecule has 0 aliphatic heterocycles. The van der Waals surface area contributed by atoms with E-state index in [2.05, 4.69) is 26.1 Å². The van der Waals surface area contributed by atoms with Gasteiger partial charge >= 0.3 is 0 Å². The second-order valence-electron chi connectivity index (χ2n) is 2.95. The summed E-state index contributed by atoms with van der Waals surface area (Å²) in [6, 6.07) is 5.56. The lowest BCUT2D eigenvalue weighted by Crippen LogP contribution is -2.21. The smallest absolute Gasteiger partial charge is 0.206 e. The average molecular weight is 288 g/mol. The van der Waals surface area contributed by atoms with Gasteiger partial charge in [0.1, 0.15) is 5.52 Å². The molecule has 1 aromatic heterocycles. The van der Waals surface area contributed by atoms with Crippen molar-refractivity contribution in [3.8, 4) is 0 Å². The molecule has 1 aromatic rings. The number of halogens is 1. The van der Waals surface area contributed by atoms with Crippen LogP contribution in [0.25, 0.3) is 0 Å². The molecule has 1 N–H and O–H groups in total. The van der Waals surface area contributed by atoms with Crippen molar-refractivity contribution in [1.29, 1.82) is 0 Å². The van der Waals surface area contributed by atoms with E-state index in [1.54, 1.807) is 6.92 Å². The Labute approximate surface area is 102 Å². The quantitative estimate of drug-likeness (QED) is 0.390. The fourth-order valence-electron chi connectivity index (χ4n) is 1.08. The monoisotopic (exact) mass is 287 g/mol. The van der Waals surface area contributed by atoms with E-state index < -0.39 is 0 Å². The molecule has 0 aliphatic carbocycles. The number of ether oxygens (including phenoxy) is 1. The van der Waals surface area contributed by atoms with Gasteiger partial charge < -0.3 is 14.4 Å². The van der Waals surface area contributed by atoms with Gasteiger partial charge in [0.15, 0.2) is 5.49 Å². The number of rotatable bonds is 4. The van der Waals surface area contributed by atoms with Gasteiger partial charge in [0.25, 0.3) is 0 Å². The molecule has 5 nitrogen and oxygen atoms in total. The summed E-state index contributed by atoms with van der Waals surface area (Å²) in [5.74, 6) is 0.483. The number of alkyl halides is 1. The molecule has 88 valence electrons. The van der Waals surface area contributed by atoms with Crippen LogP contribution < -0.4 is 5.49 Å². The highest BCUT2D eigenvalue weighted by molar-refractivity contribution is 9.09. The standard InChI is InChI=1S/C10H14BrN3O2/c1-9(16-8-11)12-13-10-4-2-3-5-14(10)6-7-15/h2-5,15H,6-8H2,1H3. The minimum absolute atomic E-state index is 0.0673. The molecule has 0 radical (unpaired) electrons. The second-order valence-corrected chi connectivity index (χ2v) is 3.41. The first-order valence-electron chi connectivity index (χ1n) is 4.81. The molecule has 16 heavy (non-hydrogen) atoms. The van der Waals surface area contributed by atoms with Gasteiger partial charge in [0, 0.05) is 19.7 Å². The lowest BCUT2D eigenvalue weighted by Gasteiger charge is -2.03. The summed E-state index contributed by atoms with van der Waals surface area (Å²) in [5, 5.41) is 16.8. The molecule has 0 fully saturated rings. The predicted molar refractivity (Wildman–Crippen MR) is 65.1 cm³/mol. The Morgan fingerprint density at radius 3 is 3.06 bits per heavy atom. The highest BCUT2D eigenvalue weighted by atomic mass is 79.9. The van der Waals surface area contributed by atoms with E-state index in [0.717, 1.165) is 0 Å². The summed E-state index contributed by atoms with van der Waals surface area (Å²) < 4.78 is 6.89. The molecule has 0 bridgehead atoms. The Bertz CT molecular complexity index is 415. The van der Waals surface area contributed by atoms with Crippen molar-refractivity contribution >= 4 is 21.8 Å². The minimum Gasteiger partial charge on any atom is -0.468 e. The third-order valence-corrected chi connectivity index (χ3v) is 2.04. The van der Waals surface area contributed by atoms with Crippen LogP contribution in [-0.2, 0) is 11.3 Å². The predicted octanol–water partition coefficient (Wildman–Crippen LogP) is 1.08. The molecule has 0 amide bonds. The Balaban J connectivity index is 2.93. The van der Waals surface area contributed by atoms with Crippen LogP contribution in [0.15, 0.2) is 34.6 Å². The topological polar surface area (TPSA) is 59.1 Å². The number of pyridine rings is 1. The first-order chi connectivity index (χ1) is 7.77. The van der Waals surface area contributed by atoms with Crippen molar-refractivity contribution in [2.45, 2.75) is 13.5 Å². The number of aliphatic hydroxyl groups excluding tert-OH is 1. The highest BCUT2D eigenvalue weighted by Crippen LogP contribution is 1.88. The van der Waals surface area contributed by atoms with Crippen molar-refractivity contribution in [3.05, 3.63) is 29.9 Å². The molecular weight excluding hydrogens is 274 g/mol. The fraction of sp³-hybridized carbons (Fsp3) is 0.400. The summed E-state index contributed by atoms with van der Waals surface area (Å²) in [6.45, 7) is 2.29. The lowest BCUT2D eigenvalue weighted by molar-refractivity contribution is 0.273. The van der Waals surface area contributed by atoms with Gasteiger partial charge in [-0.25, -0.2) is 0 Å². The third kappa shape index (κ3) is 4.16. The van der Waals surface area contributed by atoms with Gasteiger partial charge in [-0.2, -0.15) is 0 Å². The minimum atomic E-state index is 0.0673. The normalized spacial score (nSPS) is 12.9. The number of hydrogen-bond donors (Lipinski definition) is 1. The molecule has 0 aromatic carbocycles. The van der Waals surface area contributed by atoms with E-state index in [0.29, 0.717) is 23.4 Å². The first kappa shape index (κ1) is 12.9. The lowest BCUT2D eigenvalue weighted by atomic mass is 10.4. The van der Waals surface area contributed by atoms with Gasteiger partial charge in [0.2, 0.25) is 5.90 Å². The summed E-state index contributed by atoms with van der Waals surface area (Å²) in [5.41, 5.74) is 1.07. The summed E-state index contributed by atoms with van der Waals surface area (Å²) in [7, 11) is 0. The van der Waals surface area contributed by atoms with E-state index in [-0.39, 0.29) is 6.61 Å². The van der Waals surface area contributed by atoms with Crippen molar-refractivity contribution in [2.24, 2.45) is 10.2 Å². The zero-order chi connectivity index (χ0) is 11.8. The molecule has 0 unspecified atom stereocenters. The number of nitrogens with zero attached hydrogens (tertiary/aromatic N) is 3. The van der Waals surface area contributed by atoms with Crippen LogP contribution in [0, 0.1) is 0 Å². The molecule has 0 spiro atoms. The van der Waals surface area contributed by atoms with E-state index in [9.17, 15) is 0 Å². The highest BCUT2D eigenvalue weighted by Gasteiger charge is 1.91. The zero-order valence-electron chi connectivity index (χ0n) is 9.01. The van der Waals surface area contributed by atoms with Crippen molar-refractivity contribution in [1.82, 2.24) is 4.57 Å². The molecule has 0 atom stereocenters. The van der Waals surface area contributed by atoms with Crippen LogP contribution in [0.1, 0.15) is 6.92 Å². The number of aliphatic hydroxyl groups is 1.